The number of rotatable bonds is 7. The highest BCUT2D eigenvalue weighted by atomic mass is 19.2. The van der Waals surface area contributed by atoms with Crippen molar-refractivity contribution in [2.45, 2.75) is 26.5 Å². The fourth-order valence-corrected chi connectivity index (χ4v) is 1.64. The summed E-state index contributed by atoms with van der Waals surface area (Å²) in [6.45, 7) is 3.57. The molecule has 0 aliphatic carbocycles. The Morgan fingerprint density at radius 1 is 1.35 bits per heavy atom. The molecule has 0 saturated heterocycles. The third kappa shape index (κ3) is 3.77. The normalized spacial score (nSPS) is 10.8. The minimum atomic E-state index is -1.00. The number of aromatic nitrogens is 1. The Labute approximate surface area is 115 Å². The number of benzene rings is 1. The average Bonchev–Trinajstić information content (AvgIpc) is 2.89. The zero-order valence-electron chi connectivity index (χ0n) is 11.2. The van der Waals surface area contributed by atoms with Gasteiger partial charge in [0.2, 0.25) is 5.82 Å². The lowest BCUT2D eigenvalue weighted by Crippen LogP contribution is -2.13. The second-order valence-electron chi connectivity index (χ2n) is 4.30. The molecule has 0 aliphatic rings. The molecule has 0 aliphatic heterocycles. The fourth-order valence-electron chi connectivity index (χ4n) is 1.64. The van der Waals surface area contributed by atoms with E-state index in [0.717, 1.165) is 24.7 Å². The van der Waals surface area contributed by atoms with Gasteiger partial charge < -0.3 is 14.6 Å². The van der Waals surface area contributed by atoms with E-state index in [0.29, 0.717) is 12.3 Å². The maximum atomic E-state index is 13.4. The van der Waals surface area contributed by atoms with Crippen molar-refractivity contribution >= 4 is 0 Å². The highest BCUT2D eigenvalue weighted by Gasteiger charge is 2.10. The Hall–Kier alpha value is -1.95. The molecule has 1 aromatic carbocycles. The SMILES string of the molecule is CCCNCc1cc(COc2cccc(F)c2F)on1. The second-order valence-corrected chi connectivity index (χ2v) is 4.30. The van der Waals surface area contributed by atoms with Gasteiger partial charge in [-0.3, -0.25) is 0 Å². The van der Waals surface area contributed by atoms with E-state index < -0.39 is 11.6 Å². The van der Waals surface area contributed by atoms with Gasteiger partial charge in [-0.1, -0.05) is 18.1 Å². The van der Waals surface area contributed by atoms with Crippen LogP contribution in [0.3, 0.4) is 0 Å². The van der Waals surface area contributed by atoms with Crippen molar-refractivity contribution in [3.05, 3.63) is 47.4 Å². The average molecular weight is 282 g/mol. The first-order valence-corrected chi connectivity index (χ1v) is 6.42. The predicted octanol–water partition coefficient (Wildman–Crippen LogP) is 3.03. The lowest BCUT2D eigenvalue weighted by atomic mass is 10.3. The van der Waals surface area contributed by atoms with Crippen LogP contribution in [0.2, 0.25) is 0 Å². The van der Waals surface area contributed by atoms with E-state index in [9.17, 15) is 8.78 Å². The van der Waals surface area contributed by atoms with E-state index in [1.807, 2.05) is 0 Å². The smallest absolute Gasteiger partial charge is 0.200 e. The molecule has 0 atom stereocenters. The third-order valence-corrected chi connectivity index (χ3v) is 2.63. The molecular formula is C14H16F2N2O2. The number of nitrogens with one attached hydrogen (secondary N) is 1. The van der Waals surface area contributed by atoms with Crippen LogP contribution < -0.4 is 10.1 Å². The lowest BCUT2D eigenvalue weighted by Gasteiger charge is -2.04. The van der Waals surface area contributed by atoms with Crippen LogP contribution in [0.5, 0.6) is 5.75 Å². The van der Waals surface area contributed by atoms with Gasteiger partial charge >= 0.3 is 0 Å². The van der Waals surface area contributed by atoms with Crippen molar-refractivity contribution in [2.75, 3.05) is 6.54 Å². The first-order chi connectivity index (χ1) is 9.70. The summed E-state index contributed by atoms with van der Waals surface area (Å²) in [6, 6.07) is 5.50. The van der Waals surface area contributed by atoms with Crippen LogP contribution in [0.25, 0.3) is 0 Å². The molecule has 2 aromatic rings. The van der Waals surface area contributed by atoms with Gasteiger partial charge in [-0.2, -0.15) is 4.39 Å². The molecule has 4 nitrogen and oxygen atoms in total. The summed E-state index contributed by atoms with van der Waals surface area (Å²) in [5.74, 6) is -1.63. The Morgan fingerprint density at radius 3 is 3.00 bits per heavy atom. The molecule has 0 bridgehead atoms. The molecule has 0 amide bonds. The summed E-state index contributed by atoms with van der Waals surface area (Å²) in [5, 5.41) is 7.04. The van der Waals surface area contributed by atoms with Gasteiger partial charge in [0.1, 0.15) is 6.61 Å². The quantitative estimate of drug-likeness (QED) is 0.793. The van der Waals surface area contributed by atoms with E-state index >= 15 is 0 Å². The number of ether oxygens (including phenoxy) is 1. The van der Waals surface area contributed by atoms with E-state index in [-0.39, 0.29) is 12.4 Å². The molecule has 108 valence electrons. The minimum Gasteiger partial charge on any atom is -0.482 e. The molecule has 2 rings (SSSR count). The summed E-state index contributed by atoms with van der Waals surface area (Å²) in [4.78, 5) is 0. The highest BCUT2D eigenvalue weighted by molar-refractivity contribution is 5.25. The second kappa shape index (κ2) is 7.00. The first-order valence-electron chi connectivity index (χ1n) is 6.42. The molecule has 1 N–H and O–H groups in total. The maximum Gasteiger partial charge on any atom is 0.200 e. The molecular weight excluding hydrogens is 266 g/mol. The number of hydrogen-bond donors (Lipinski definition) is 1. The van der Waals surface area contributed by atoms with Crippen LogP contribution in [0.15, 0.2) is 28.8 Å². The van der Waals surface area contributed by atoms with E-state index in [1.165, 1.54) is 12.1 Å². The summed E-state index contributed by atoms with van der Waals surface area (Å²) in [6.07, 6.45) is 1.03. The van der Waals surface area contributed by atoms with Gasteiger partial charge in [-0.05, 0) is 25.1 Å². The Kier molecular flexibility index (Phi) is 5.06. The molecule has 0 radical (unpaired) electrons. The molecule has 1 aromatic heterocycles. The van der Waals surface area contributed by atoms with Crippen LogP contribution in [0.1, 0.15) is 24.8 Å². The molecule has 1 heterocycles. The van der Waals surface area contributed by atoms with Gasteiger partial charge in [0.25, 0.3) is 0 Å². The summed E-state index contributed by atoms with van der Waals surface area (Å²) in [5.41, 5.74) is 0.747. The zero-order chi connectivity index (χ0) is 14.4. The van der Waals surface area contributed by atoms with Crippen LogP contribution in [0.4, 0.5) is 8.78 Å². The van der Waals surface area contributed by atoms with Crippen LogP contribution in [-0.4, -0.2) is 11.7 Å². The molecule has 0 spiro atoms. The van der Waals surface area contributed by atoms with Crippen LogP contribution in [0, 0.1) is 11.6 Å². The molecule has 0 unspecified atom stereocenters. The number of halogens is 2. The lowest BCUT2D eigenvalue weighted by molar-refractivity contribution is 0.237. The Morgan fingerprint density at radius 2 is 2.20 bits per heavy atom. The van der Waals surface area contributed by atoms with E-state index in [1.54, 1.807) is 6.07 Å². The van der Waals surface area contributed by atoms with Crippen LogP contribution in [-0.2, 0) is 13.2 Å². The third-order valence-electron chi connectivity index (χ3n) is 2.63. The zero-order valence-corrected chi connectivity index (χ0v) is 11.2. The topological polar surface area (TPSA) is 47.3 Å². The summed E-state index contributed by atoms with van der Waals surface area (Å²) in [7, 11) is 0. The highest BCUT2D eigenvalue weighted by Crippen LogP contribution is 2.20. The predicted molar refractivity (Wildman–Crippen MR) is 69.2 cm³/mol. The number of nitrogens with zero attached hydrogens (tertiary/aromatic N) is 1. The van der Waals surface area contributed by atoms with Crippen molar-refractivity contribution in [3.8, 4) is 5.75 Å². The van der Waals surface area contributed by atoms with Gasteiger partial charge in [0.05, 0.1) is 5.69 Å². The molecule has 0 saturated carbocycles. The monoisotopic (exact) mass is 282 g/mol. The van der Waals surface area contributed by atoms with Gasteiger partial charge in [0.15, 0.2) is 17.3 Å². The Balaban J connectivity index is 1.89. The molecule has 6 heteroatoms. The number of hydrogen-bond acceptors (Lipinski definition) is 4. The summed E-state index contributed by atoms with van der Waals surface area (Å²) >= 11 is 0. The maximum absolute atomic E-state index is 13.4. The van der Waals surface area contributed by atoms with Crippen molar-refractivity contribution in [3.63, 3.8) is 0 Å². The van der Waals surface area contributed by atoms with Crippen molar-refractivity contribution in [1.82, 2.24) is 10.5 Å². The van der Waals surface area contributed by atoms with Gasteiger partial charge in [-0.25, -0.2) is 4.39 Å². The van der Waals surface area contributed by atoms with Crippen molar-refractivity contribution in [1.29, 1.82) is 0 Å². The van der Waals surface area contributed by atoms with E-state index in [2.05, 4.69) is 17.4 Å². The first kappa shape index (κ1) is 14.5. The fraction of sp³-hybridized carbons (Fsp3) is 0.357. The van der Waals surface area contributed by atoms with Crippen molar-refractivity contribution in [2.24, 2.45) is 0 Å². The minimum absolute atomic E-state index is 0.00114. The molecule has 0 fully saturated rings. The van der Waals surface area contributed by atoms with Crippen molar-refractivity contribution < 1.29 is 18.0 Å². The van der Waals surface area contributed by atoms with Crippen LogP contribution >= 0.6 is 0 Å². The van der Waals surface area contributed by atoms with Gasteiger partial charge in [-0.15, -0.1) is 0 Å². The molecule has 20 heavy (non-hydrogen) atoms. The Bertz CT molecular complexity index is 558. The van der Waals surface area contributed by atoms with Gasteiger partial charge in [0, 0.05) is 12.6 Å². The standard InChI is InChI=1S/C14H16F2N2O2/c1-2-6-17-8-10-7-11(20-18-10)9-19-13-5-3-4-12(15)14(13)16/h3-5,7,17H,2,6,8-9H2,1H3. The van der Waals surface area contributed by atoms with E-state index in [4.69, 9.17) is 9.26 Å². The summed E-state index contributed by atoms with van der Waals surface area (Å²) < 4.78 is 36.6. The largest absolute Gasteiger partial charge is 0.482 e.